The van der Waals surface area contributed by atoms with Gasteiger partial charge in [0.05, 0.1) is 12.0 Å². The van der Waals surface area contributed by atoms with Gasteiger partial charge in [0.25, 0.3) is 0 Å². The van der Waals surface area contributed by atoms with Gasteiger partial charge in [0, 0.05) is 0 Å². The number of carboxylic acids is 1. The van der Waals surface area contributed by atoms with Crippen LogP contribution in [0.2, 0.25) is 0 Å². The molecule has 1 heterocycles. The minimum absolute atomic E-state index is 0.0858. The Labute approximate surface area is 118 Å². The van der Waals surface area contributed by atoms with Crippen molar-refractivity contribution in [3.63, 3.8) is 0 Å². The third-order valence-corrected chi connectivity index (χ3v) is 4.30. The highest BCUT2D eigenvalue weighted by atomic mass is 32.2. The summed E-state index contributed by atoms with van der Waals surface area (Å²) in [5, 5.41) is 11.8. The Balaban J connectivity index is 2.73. The zero-order valence-corrected chi connectivity index (χ0v) is 12.8. The summed E-state index contributed by atoms with van der Waals surface area (Å²) in [4.78, 5) is 22.9. The van der Waals surface area contributed by atoms with E-state index >= 15 is 0 Å². The van der Waals surface area contributed by atoms with Gasteiger partial charge in [-0.25, -0.2) is 4.79 Å². The Morgan fingerprint density at radius 2 is 2.00 bits per heavy atom. The molecule has 0 aromatic carbocycles. The molecule has 1 rings (SSSR count). The fourth-order valence-corrected chi connectivity index (χ4v) is 3.62. The van der Waals surface area contributed by atoms with E-state index in [0.717, 1.165) is 17.9 Å². The lowest BCUT2D eigenvalue weighted by Crippen LogP contribution is -2.54. The number of carbonyl (C=O) groups excluding carboxylic acids is 1. The van der Waals surface area contributed by atoms with Crippen LogP contribution in [0.5, 0.6) is 0 Å². The first kappa shape index (κ1) is 16.1. The number of alkyl carbamates (subject to hydrolysis) is 1. The summed E-state index contributed by atoms with van der Waals surface area (Å²) in [5.74, 6) is 1.15. The molecule has 1 aliphatic heterocycles. The topological polar surface area (TPSA) is 75.6 Å². The molecule has 0 spiro atoms. The van der Waals surface area contributed by atoms with E-state index in [1.54, 1.807) is 39.5 Å². The van der Waals surface area contributed by atoms with Gasteiger partial charge in [-0.15, -0.1) is 0 Å². The van der Waals surface area contributed by atoms with Crippen molar-refractivity contribution in [1.82, 2.24) is 5.32 Å². The summed E-state index contributed by atoms with van der Waals surface area (Å²) in [5.41, 5.74) is -1.34. The van der Waals surface area contributed by atoms with E-state index in [2.05, 4.69) is 5.32 Å². The van der Waals surface area contributed by atoms with Crippen molar-refractivity contribution in [3.05, 3.63) is 0 Å². The molecule has 2 unspecified atom stereocenters. The van der Waals surface area contributed by atoms with Crippen molar-refractivity contribution in [2.75, 3.05) is 11.5 Å². The lowest BCUT2D eigenvalue weighted by Gasteiger charge is -2.35. The Bertz CT molecular complexity index is 347. The molecule has 0 radical (unpaired) electrons. The Morgan fingerprint density at radius 1 is 1.37 bits per heavy atom. The SMILES string of the molecule is CC(C)(C)OC(=O)NC(C)(CC(=O)O)C1CCSC1. The molecule has 1 amide bonds. The number of nitrogens with one attached hydrogen (secondary N) is 1. The number of hydrogen-bond acceptors (Lipinski definition) is 4. The second-order valence-electron chi connectivity index (χ2n) is 6.18. The number of carbonyl (C=O) groups is 2. The highest BCUT2D eigenvalue weighted by Crippen LogP contribution is 2.34. The third kappa shape index (κ3) is 5.30. The molecule has 19 heavy (non-hydrogen) atoms. The van der Waals surface area contributed by atoms with Gasteiger partial charge in [-0.1, -0.05) is 0 Å². The molecule has 6 heteroatoms. The fraction of sp³-hybridized carbons (Fsp3) is 0.846. The second-order valence-corrected chi connectivity index (χ2v) is 7.33. The van der Waals surface area contributed by atoms with E-state index in [1.807, 2.05) is 0 Å². The van der Waals surface area contributed by atoms with Crippen molar-refractivity contribution in [3.8, 4) is 0 Å². The molecule has 1 saturated heterocycles. The summed E-state index contributed by atoms with van der Waals surface area (Å²) in [6, 6.07) is 0. The van der Waals surface area contributed by atoms with Crippen molar-refractivity contribution < 1.29 is 19.4 Å². The number of thioether (sulfide) groups is 1. The smallest absolute Gasteiger partial charge is 0.408 e. The maximum atomic E-state index is 11.9. The van der Waals surface area contributed by atoms with Gasteiger partial charge in [0.1, 0.15) is 5.60 Å². The van der Waals surface area contributed by atoms with E-state index < -0.39 is 23.2 Å². The number of ether oxygens (including phenoxy) is 1. The average Bonchev–Trinajstić information content (AvgIpc) is 2.64. The molecule has 0 aromatic heterocycles. The van der Waals surface area contributed by atoms with Gasteiger partial charge < -0.3 is 15.2 Å². The minimum atomic E-state index is -0.907. The third-order valence-electron chi connectivity index (χ3n) is 3.14. The van der Waals surface area contributed by atoms with Crippen LogP contribution < -0.4 is 5.32 Å². The predicted molar refractivity (Wildman–Crippen MR) is 75.5 cm³/mol. The minimum Gasteiger partial charge on any atom is -0.481 e. The first-order valence-corrected chi connectivity index (χ1v) is 7.58. The molecule has 2 atom stereocenters. The Hall–Kier alpha value is -0.910. The van der Waals surface area contributed by atoms with Crippen molar-refractivity contribution in [1.29, 1.82) is 0 Å². The molecule has 5 nitrogen and oxygen atoms in total. The van der Waals surface area contributed by atoms with Crippen LogP contribution in [0, 0.1) is 5.92 Å². The summed E-state index contributed by atoms with van der Waals surface area (Å²) < 4.78 is 5.22. The van der Waals surface area contributed by atoms with Crippen molar-refractivity contribution >= 4 is 23.8 Å². The van der Waals surface area contributed by atoms with Gasteiger partial charge in [-0.2, -0.15) is 11.8 Å². The monoisotopic (exact) mass is 289 g/mol. The quantitative estimate of drug-likeness (QED) is 0.831. The Morgan fingerprint density at radius 3 is 2.42 bits per heavy atom. The van der Waals surface area contributed by atoms with Crippen LogP contribution in [0.25, 0.3) is 0 Å². The number of aliphatic carboxylic acids is 1. The highest BCUT2D eigenvalue weighted by Gasteiger charge is 2.40. The number of hydrogen-bond donors (Lipinski definition) is 2. The molecule has 1 aliphatic rings. The molecule has 0 bridgehead atoms. The largest absolute Gasteiger partial charge is 0.481 e. The molecule has 0 aromatic rings. The van der Waals surface area contributed by atoms with Gasteiger partial charge in [-0.3, -0.25) is 4.79 Å². The molecule has 1 fully saturated rings. The van der Waals surface area contributed by atoms with Gasteiger partial charge in [0.2, 0.25) is 0 Å². The average molecular weight is 289 g/mol. The van der Waals surface area contributed by atoms with Crippen LogP contribution in [0.3, 0.4) is 0 Å². The van der Waals surface area contributed by atoms with E-state index in [-0.39, 0.29) is 12.3 Å². The van der Waals surface area contributed by atoms with E-state index in [9.17, 15) is 9.59 Å². The van der Waals surface area contributed by atoms with Crippen LogP contribution in [0.1, 0.15) is 40.5 Å². The summed E-state index contributed by atoms with van der Waals surface area (Å²) in [6.07, 6.45) is 0.287. The molecular weight excluding hydrogens is 266 g/mol. The van der Waals surface area contributed by atoms with Gasteiger partial charge >= 0.3 is 12.1 Å². The Kier molecular flexibility index (Phi) is 5.12. The van der Waals surface area contributed by atoms with Crippen molar-refractivity contribution in [2.24, 2.45) is 5.92 Å². The van der Waals surface area contributed by atoms with Crippen LogP contribution in [-0.2, 0) is 9.53 Å². The van der Waals surface area contributed by atoms with E-state index in [4.69, 9.17) is 9.84 Å². The summed E-state index contributed by atoms with van der Waals surface area (Å²) in [6.45, 7) is 7.15. The maximum absolute atomic E-state index is 11.9. The molecular formula is C13H23NO4S. The standard InChI is InChI=1S/C13H23NO4S/c1-12(2,3)18-11(17)14-13(4,7-10(15)16)9-5-6-19-8-9/h9H,5-8H2,1-4H3,(H,14,17)(H,15,16). The normalized spacial score (nSPS) is 22.6. The van der Waals surface area contributed by atoms with Gasteiger partial charge in [0.15, 0.2) is 0 Å². The van der Waals surface area contributed by atoms with E-state index in [0.29, 0.717) is 0 Å². The fourth-order valence-electron chi connectivity index (χ4n) is 2.18. The molecule has 2 N–H and O–H groups in total. The van der Waals surface area contributed by atoms with Crippen LogP contribution in [-0.4, -0.2) is 39.8 Å². The molecule has 110 valence electrons. The van der Waals surface area contributed by atoms with Gasteiger partial charge in [-0.05, 0) is 51.5 Å². The highest BCUT2D eigenvalue weighted by molar-refractivity contribution is 7.99. The molecule has 0 aliphatic carbocycles. The lowest BCUT2D eigenvalue weighted by atomic mass is 9.82. The zero-order chi connectivity index (χ0) is 14.7. The molecule has 0 saturated carbocycles. The number of amides is 1. The number of rotatable bonds is 4. The predicted octanol–water partition coefficient (Wildman–Crippen LogP) is 2.50. The summed E-state index contributed by atoms with van der Waals surface area (Å²) >= 11 is 1.79. The van der Waals surface area contributed by atoms with E-state index in [1.165, 1.54) is 0 Å². The second kappa shape index (κ2) is 6.03. The summed E-state index contributed by atoms with van der Waals surface area (Å²) in [7, 11) is 0. The van der Waals surface area contributed by atoms with Crippen molar-refractivity contribution in [2.45, 2.75) is 51.7 Å². The first-order chi connectivity index (χ1) is 8.62. The lowest BCUT2D eigenvalue weighted by molar-refractivity contribution is -0.139. The zero-order valence-electron chi connectivity index (χ0n) is 12.0. The first-order valence-electron chi connectivity index (χ1n) is 6.43. The van der Waals surface area contributed by atoms with Crippen LogP contribution in [0.4, 0.5) is 4.79 Å². The number of carboxylic acid groups (broad SMARTS) is 1. The van der Waals surface area contributed by atoms with Crippen LogP contribution in [0.15, 0.2) is 0 Å². The maximum Gasteiger partial charge on any atom is 0.408 e. The van der Waals surface area contributed by atoms with Crippen LogP contribution >= 0.6 is 11.8 Å².